The van der Waals surface area contributed by atoms with E-state index in [1.807, 2.05) is 0 Å². The number of pyridine rings is 1. The lowest BCUT2D eigenvalue weighted by atomic mass is 9.66. The van der Waals surface area contributed by atoms with Crippen LogP contribution in [0.15, 0.2) is 231 Å². The summed E-state index contributed by atoms with van der Waals surface area (Å²) in [6, 6.07) is 83.1. The molecule has 9 aromatic carbocycles. The van der Waals surface area contributed by atoms with Crippen molar-refractivity contribution < 1.29 is 4.74 Å². The molecule has 1 aliphatic carbocycles. The first kappa shape index (κ1) is 35.5. The maximum absolute atomic E-state index is 6.75. The fraction of sp³-hybridized carbons (Fsp3) is 0.0167. The summed E-state index contributed by atoms with van der Waals surface area (Å²) < 4.78 is 8.96. The molecule has 3 heterocycles. The van der Waals surface area contributed by atoms with Gasteiger partial charge in [-0.3, -0.25) is 0 Å². The Labute approximate surface area is 365 Å². The minimum Gasteiger partial charge on any atom is -0.457 e. The van der Waals surface area contributed by atoms with Crippen molar-refractivity contribution in [3.05, 3.63) is 253 Å². The Balaban J connectivity index is 1.03. The topological polar surface area (TPSA) is 26.5 Å². The first-order chi connectivity index (χ1) is 31.3. The average Bonchev–Trinajstić information content (AvgIpc) is 3.90. The highest BCUT2D eigenvalue weighted by atomic mass is 16.5. The van der Waals surface area contributed by atoms with Gasteiger partial charge in [-0.25, -0.2) is 4.52 Å². The van der Waals surface area contributed by atoms with Gasteiger partial charge in [0.15, 0.2) is 0 Å². The Hall–Kier alpha value is -8.27. The molecule has 63 heavy (non-hydrogen) atoms. The van der Waals surface area contributed by atoms with Crippen LogP contribution in [0.25, 0.3) is 83.3 Å². The van der Waals surface area contributed by atoms with Gasteiger partial charge in [-0.2, -0.15) is 5.10 Å². The predicted molar refractivity (Wildman–Crippen MR) is 257 cm³/mol. The lowest BCUT2D eigenvalue weighted by molar-refractivity contribution is 0.436. The normalized spacial score (nSPS) is 13.0. The van der Waals surface area contributed by atoms with Crippen LogP contribution in [0.5, 0.6) is 11.5 Å². The Morgan fingerprint density at radius 1 is 0.349 bits per heavy atom. The van der Waals surface area contributed by atoms with Crippen LogP contribution in [0.2, 0.25) is 0 Å². The van der Waals surface area contributed by atoms with Gasteiger partial charge in [0.05, 0.1) is 16.6 Å². The molecule has 0 radical (unpaired) electrons. The number of aromatic nitrogens is 2. The zero-order valence-electron chi connectivity index (χ0n) is 34.2. The lowest BCUT2D eigenvalue weighted by Gasteiger charge is -2.39. The van der Waals surface area contributed by atoms with Crippen LogP contribution in [-0.2, 0) is 5.41 Å². The first-order valence-corrected chi connectivity index (χ1v) is 21.6. The van der Waals surface area contributed by atoms with E-state index in [-0.39, 0.29) is 0 Å². The number of nitrogens with zero attached hydrogens (tertiary/aromatic N) is 2. The van der Waals surface area contributed by atoms with Crippen LogP contribution in [0.1, 0.15) is 22.3 Å². The average molecular weight is 803 g/mol. The number of rotatable bonds is 5. The van der Waals surface area contributed by atoms with Crippen molar-refractivity contribution in [3.63, 3.8) is 0 Å². The van der Waals surface area contributed by atoms with Crippen molar-refractivity contribution in [2.75, 3.05) is 0 Å². The number of para-hydroxylation sites is 1. The van der Waals surface area contributed by atoms with E-state index < -0.39 is 5.41 Å². The van der Waals surface area contributed by atoms with Gasteiger partial charge in [0.25, 0.3) is 0 Å². The highest BCUT2D eigenvalue weighted by molar-refractivity contribution is 6.15. The Morgan fingerprint density at radius 2 is 0.841 bits per heavy atom. The first-order valence-electron chi connectivity index (χ1n) is 21.6. The van der Waals surface area contributed by atoms with Gasteiger partial charge in [-0.05, 0) is 68.1 Å². The zero-order valence-corrected chi connectivity index (χ0v) is 34.2. The lowest BCUT2D eigenvalue weighted by Crippen LogP contribution is -2.32. The van der Waals surface area contributed by atoms with Gasteiger partial charge in [0.1, 0.15) is 17.2 Å². The molecular weight excluding hydrogens is 765 g/mol. The van der Waals surface area contributed by atoms with Gasteiger partial charge in [-0.15, -0.1) is 0 Å². The van der Waals surface area contributed by atoms with E-state index in [0.29, 0.717) is 0 Å². The summed E-state index contributed by atoms with van der Waals surface area (Å²) in [4.78, 5) is 0. The molecule has 0 amide bonds. The molecule has 0 saturated carbocycles. The summed E-state index contributed by atoms with van der Waals surface area (Å²) in [6.07, 6.45) is 0. The number of ether oxygens (including phenoxy) is 1. The molecule has 2 aromatic heterocycles. The van der Waals surface area contributed by atoms with Crippen LogP contribution < -0.4 is 4.74 Å². The van der Waals surface area contributed by atoms with E-state index in [1.54, 1.807) is 0 Å². The predicted octanol–water partition coefficient (Wildman–Crippen LogP) is 15.3. The summed E-state index contributed by atoms with van der Waals surface area (Å²) in [5.41, 5.74) is 19.0. The van der Waals surface area contributed by atoms with Crippen molar-refractivity contribution in [2.45, 2.75) is 5.41 Å². The van der Waals surface area contributed by atoms with Crippen molar-refractivity contribution in [2.24, 2.45) is 0 Å². The minimum atomic E-state index is -0.521. The standard InChI is InChI=1S/C60H38N2O/c1-4-18-40(19-5-1)56-57(42-20-6-2-7-21-42)61-62-58(43-22-8-3-9-23-43)55(47-26-10-11-27-48(47)59(56)62)41-34-32-39(33-35-41)44-36-37-54-52(38-44)60(51-30-16-17-31-53(51)63-54)49-28-14-12-24-45(49)46-25-13-15-29-50(46)60/h1-38H. The third-order valence-corrected chi connectivity index (χ3v) is 13.3. The summed E-state index contributed by atoms with van der Waals surface area (Å²) in [5, 5.41) is 7.90. The van der Waals surface area contributed by atoms with Crippen LogP contribution in [0, 0.1) is 0 Å². The summed E-state index contributed by atoms with van der Waals surface area (Å²) >= 11 is 0. The number of hydrogen-bond donors (Lipinski definition) is 0. The SMILES string of the molecule is c1ccc(-c2nn3c(-c4ccccc4)c(-c4ccc(-c5ccc6c(c5)C5(c7ccccc7O6)c6ccccc6-c6ccccc65)cc4)c4ccccc4c3c2-c2ccccc2)cc1. The second kappa shape index (κ2) is 13.9. The van der Waals surface area contributed by atoms with Crippen LogP contribution in [0.4, 0.5) is 0 Å². The monoisotopic (exact) mass is 802 g/mol. The molecular formula is C60H38N2O. The third kappa shape index (κ3) is 5.17. The summed E-state index contributed by atoms with van der Waals surface area (Å²) in [7, 11) is 0. The number of benzene rings is 9. The molecule has 13 rings (SSSR count). The zero-order chi connectivity index (χ0) is 41.5. The number of fused-ring (bicyclic) bond motifs is 12. The Kier molecular flexibility index (Phi) is 7.82. The van der Waals surface area contributed by atoms with Crippen molar-refractivity contribution >= 4 is 16.3 Å². The van der Waals surface area contributed by atoms with Crippen molar-refractivity contribution in [1.29, 1.82) is 0 Å². The van der Waals surface area contributed by atoms with E-state index in [0.717, 1.165) is 83.9 Å². The molecule has 0 saturated heterocycles. The molecule has 1 aliphatic heterocycles. The highest BCUT2D eigenvalue weighted by Gasteiger charge is 2.51. The highest BCUT2D eigenvalue weighted by Crippen LogP contribution is 2.62. The molecule has 0 atom stereocenters. The second-order valence-electron chi connectivity index (χ2n) is 16.6. The molecule has 0 N–H and O–H groups in total. The van der Waals surface area contributed by atoms with Gasteiger partial charge in [0, 0.05) is 38.8 Å². The van der Waals surface area contributed by atoms with E-state index in [1.165, 1.54) is 33.2 Å². The third-order valence-electron chi connectivity index (χ3n) is 13.3. The molecule has 1 spiro atoms. The molecule has 294 valence electrons. The van der Waals surface area contributed by atoms with E-state index in [2.05, 4.69) is 235 Å². The smallest absolute Gasteiger partial charge is 0.132 e. The quantitative estimate of drug-likeness (QED) is 0.173. The van der Waals surface area contributed by atoms with Crippen molar-refractivity contribution in [1.82, 2.24) is 9.61 Å². The fourth-order valence-electron chi connectivity index (χ4n) is 10.7. The maximum Gasteiger partial charge on any atom is 0.132 e. The van der Waals surface area contributed by atoms with Crippen LogP contribution in [-0.4, -0.2) is 9.61 Å². The minimum absolute atomic E-state index is 0.521. The molecule has 3 heteroatoms. The van der Waals surface area contributed by atoms with Crippen LogP contribution in [0.3, 0.4) is 0 Å². The molecule has 2 aliphatic rings. The molecule has 3 nitrogen and oxygen atoms in total. The fourth-order valence-corrected chi connectivity index (χ4v) is 10.7. The number of hydrogen-bond acceptors (Lipinski definition) is 2. The molecule has 0 fully saturated rings. The van der Waals surface area contributed by atoms with Gasteiger partial charge in [-0.1, -0.05) is 212 Å². The summed E-state index contributed by atoms with van der Waals surface area (Å²) in [5.74, 6) is 1.79. The molecule has 0 bridgehead atoms. The molecule has 0 unspecified atom stereocenters. The van der Waals surface area contributed by atoms with Crippen molar-refractivity contribution in [3.8, 4) is 78.5 Å². The van der Waals surface area contributed by atoms with Gasteiger partial charge < -0.3 is 4.74 Å². The second-order valence-corrected chi connectivity index (χ2v) is 16.6. The van der Waals surface area contributed by atoms with Crippen LogP contribution >= 0.6 is 0 Å². The maximum atomic E-state index is 6.75. The molecule has 11 aromatic rings. The Bertz CT molecular complexity index is 3530. The van der Waals surface area contributed by atoms with Gasteiger partial charge >= 0.3 is 0 Å². The Morgan fingerprint density at radius 3 is 1.52 bits per heavy atom. The van der Waals surface area contributed by atoms with E-state index >= 15 is 0 Å². The largest absolute Gasteiger partial charge is 0.457 e. The van der Waals surface area contributed by atoms with E-state index in [4.69, 9.17) is 9.84 Å². The summed E-state index contributed by atoms with van der Waals surface area (Å²) in [6.45, 7) is 0. The van der Waals surface area contributed by atoms with E-state index in [9.17, 15) is 0 Å². The van der Waals surface area contributed by atoms with Gasteiger partial charge in [0.2, 0.25) is 0 Å².